The molecule has 0 bridgehead atoms. The quantitative estimate of drug-likeness (QED) is 0.0506. The van der Waals surface area contributed by atoms with Gasteiger partial charge in [-0.25, -0.2) is 9.18 Å². The minimum atomic E-state index is -0.815. The van der Waals surface area contributed by atoms with Gasteiger partial charge < -0.3 is 43.6 Å². The third-order valence-electron chi connectivity index (χ3n) is 14.6. The average molecular weight is 1020 g/mol. The molecule has 384 valence electrons. The Morgan fingerprint density at radius 2 is 1.71 bits per heavy atom. The van der Waals surface area contributed by atoms with Gasteiger partial charge in [-0.1, -0.05) is 35.9 Å². The molecule has 0 saturated carbocycles. The van der Waals surface area contributed by atoms with Crippen LogP contribution < -0.4 is 14.8 Å². The number of fused-ring (bicyclic) bond motifs is 3. The number of carbonyl (C=O) groups excluding carboxylic acids is 5. The van der Waals surface area contributed by atoms with Gasteiger partial charge in [0.15, 0.2) is 6.61 Å². The van der Waals surface area contributed by atoms with Crippen molar-refractivity contribution < 1.29 is 42.6 Å². The molecule has 3 aliphatic heterocycles. The van der Waals surface area contributed by atoms with Crippen molar-refractivity contribution in [1.82, 2.24) is 34.4 Å². The fraction of sp³-hybridized carbons (Fsp3) is 0.429. The summed E-state index contributed by atoms with van der Waals surface area (Å²) in [6.45, 7) is 13.6. The number of aryl methyl sites for hydroxylation is 3. The van der Waals surface area contributed by atoms with E-state index in [9.17, 15) is 28.4 Å². The highest BCUT2D eigenvalue weighted by molar-refractivity contribution is 6.35. The van der Waals surface area contributed by atoms with E-state index in [1.54, 1.807) is 24.3 Å². The van der Waals surface area contributed by atoms with E-state index in [0.29, 0.717) is 79.0 Å². The van der Waals surface area contributed by atoms with Crippen LogP contribution in [0.3, 0.4) is 0 Å². The lowest BCUT2D eigenvalue weighted by atomic mass is 9.79. The minimum absolute atomic E-state index is 0.0957. The zero-order chi connectivity index (χ0) is 51.9. The molecule has 73 heavy (non-hydrogen) atoms. The van der Waals surface area contributed by atoms with E-state index in [2.05, 4.69) is 14.8 Å². The summed E-state index contributed by atoms with van der Waals surface area (Å²) >= 11 is 7.22. The maximum absolute atomic E-state index is 14.7. The number of esters is 1. The first-order valence-electron chi connectivity index (χ1n) is 25.0. The molecule has 1 spiro atoms. The number of carbonyl (C=O) groups is 5. The van der Waals surface area contributed by atoms with Crippen molar-refractivity contribution in [3.63, 3.8) is 0 Å². The van der Waals surface area contributed by atoms with Crippen molar-refractivity contribution in [2.75, 3.05) is 53.0 Å². The van der Waals surface area contributed by atoms with Gasteiger partial charge in [-0.05, 0) is 114 Å². The maximum atomic E-state index is 14.7. The van der Waals surface area contributed by atoms with Crippen molar-refractivity contribution in [2.45, 2.75) is 91.5 Å². The zero-order valence-corrected chi connectivity index (χ0v) is 43.4. The Balaban J connectivity index is 0.923. The fourth-order valence-electron chi connectivity index (χ4n) is 11.2. The number of nitrogens with one attached hydrogen (secondary N) is 1. The van der Waals surface area contributed by atoms with Gasteiger partial charge in [0.1, 0.15) is 40.9 Å². The Morgan fingerprint density at radius 1 is 0.959 bits per heavy atom. The van der Waals surface area contributed by atoms with Crippen molar-refractivity contribution in [2.24, 2.45) is 12.5 Å². The van der Waals surface area contributed by atoms with Gasteiger partial charge in [0, 0.05) is 104 Å². The van der Waals surface area contributed by atoms with Crippen LogP contribution in [0.1, 0.15) is 89.8 Å². The molecular weight excluding hydrogens is 953 g/mol. The third-order valence-corrected chi connectivity index (χ3v) is 14.9. The van der Waals surface area contributed by atoms with E-state index >= 15 is 0 Å². The Hall–Kier alpha value is -6.78. The summed E-state index contributed by atoms with van der Waals surface area (Å²) in [4.78, 5) is 71.4. The van der Waals surface area contributed by atoms with Crippen molar-refractivity contribution in [1.29, 1.82) is 0 Å². The second-order valence-corrected chi connectivity index (χ2v) is 21.1. The largest absolute Gasteiger partial charge is 0.493 e. The van der Waals surface area contributed by atoms with Gasteiger partial charge in [-0.15, -0.1) is 0 Å². The zero-order valence-electron chi connectivity index (χ0n) is 42.6. The fourth-order valence-corrected chi connectivity index (χ4v) is 11.4. The topological polar surface area (TPSA) is 158 Å². The first kappa shape index (κ1) is 51.1. The number of hydrogen-bond donors (Lipinski definition) is 1. The third kappa shape index (κ3) is 10.2. The lowest BCUT2D eigenvalue weighted by Crippen LogP contribution is -2.58. The molecule has 6 aromatic rings. The smallest absolute Gasteiger partial charge is 0.355 e. The first-order chi connectivity index (χ1) is 34.9. The van der Waals surface area contributed by atoms with Crippen molar-refractivity contribution >= 4 is 63.3 Å². The Bertz CT molecular complexity index is 3150. The number of likely N-dealkylation sites (N-methyl/N-ethyl adjacent to an activating group) is 1. The highest BCUT2D eigenvalue weighted by Crippen LogP contribution is 2.44. The van der Waals surface area contributed by atoms with Crippen LogP contribution in [0.15, 0.2) is 66.7 Å². The summed E-state index contributed by atoms with van der Waals surface area (Å²) in [5.41, 5.74) is 5.74. The summed E-state index contributed by atoms with van der Waals surface area (Å²) in [7, 11) is 3.40. The van der Waals surface area contributed by atoms with Crippen LogP contribution in [0, 0.1) is 25.1 Å². The highest BCUT2D eigenvalue weighted by Gasteiger charge is 2.48. The van der Waals surface area contributed by atoms with Crippen LogP contribution in [0.5, 0.6) is 11.5 Å². The molecule has 4 aromatic carbocycles. The molecule has 17 heteroatoms. The van der Waals surface area contributed by atoms with Gasteiger partial charge in [-0.3, -0.25) is 19.1 Å². The monoisotopic (exact) mass is 1020 g/mol. The van der Waals surface area contributed by atoms with Crippen LogP contribution in [-0.4, -0.2) is 124 Å². The molecule has 1 unspecified atom stereocenters. The molecule has 3 aliphatic rings. The second kappa shape index (κ2) is 20.6. The van der Waals surface area contributed by atoms with Gasteiger partial charge in [0.2, 0.25) is 5.91 Å². The van der Waals surface area contributed by atoms with E-state index in [-0.39, 0.29) is 54.9 Å². The minimum Gasteiger partial charge on any atom is -0.493 e. The summed E-state index contributed by atoms with van der Waals surface area (Å²) < 4.78 is 36.7. The lowest BCUT2D eigenvalue weighted by Gasteiger charge is -2.48. The molecule has 2 fully saturated rings. The van der Waals surface area contributed by atoms with Gasteiger partial charge >= 0.3 is 5.97 Å². The number of hydrogen-bond acceptors (Lipinski definition) is 10. The van der Waals surface area contributed by atoms with E-state index in [1.807, 2.05) is 81.6 Å². The number of aldehydes is 1. The Kier molecular flexibility index (Phi) is 14.4. The summed E-state index contributed by atoms with van der Waals surface area (Å²) in [6.07, 6.45) is 2.95. The average Bonchev–Trinajstić information content (AvgIpc) is 4.09. The second-order valence-electron chi connectivity index (χ2n) is 20.7. The molecular formula is C56H63ClFN7O8. The first-order valence-corrected chi connectivity index (χ1v) is 25.4. The number of aromatic nitrogens is 3. The molecule has 1 N–H and O–H groups in total. The van der Waals surface area contributed by atoms with Crippen molar-refractivity contribution in [3.05, 3.63) is 111 Å². The SMILES string of the molecule is CNC(=O)C(CCC=O)N1Cc2c(OCC(=O)N3CCC4(CN(CCn5c(C(=O)OC(C)(C)C)c(CCCOc6cccc7cc(F)ccc67)c6ccc(Cl)c(-c7c(C)nn(C)c7C)c65)C4)C3)cccc2C1=O. The number of benzene rings is 4. The van der Waals surface area contributed by atoms with Crippen LogP contribution in [-0.2, 0) is 45.7 Å². The molecule has 1 atom stereocenters. The van der Waals surface area contributed by atoms with Gasteiger partial charge in [-0.2, -0.15) is 5.10 Å². The number of rotatable bonds is 18. The molecule has 9 rings (SSSR count). The Morgan fingerprint density at radius 3 is 2.44 bits per heavy atom. The number of ether oxygens (including phenoxy) is 3. The van der Waals surface area contributed by atoms with E-state index in [0.717, 1.165) is 75.6 Å². The number of amides is 3. The molecule has 2 saturated heterocycles. The predicted molar refractivity (Wildman–Crippen MR) is 277 cm³/mol. The molecule has 15 nitrogen and oxygen atoms in total. The standard InChI is InChI=1S/C56H63ClFN7O8/c1-34-48(35(2)61(7)60-34)49-43(57)21-20-40-39(14-11-27-71-45-16-8-12-36-28-37(58)18-19-38(36)45)51(54(70)73-55(3,4)5)64(50(40)49)25-24-62-31-56(32-62)22-23-63(33-56)47(67)30-72-46-17-9-13-41-42(46)29-65(53(41)69)44(15-10-26-66)52(68)59-6/h8-9,12-13,16-21,26,28,44H,10-11,14-15,22-25,27,29-33H2,1-7H3,(H,59,68). The molecule has 5 heterocycles. The summed E-state index contributed by atoms with van der Waals surface area (Å²) in [6, 6.07) is 18.4. The van der Waals surface area contributed by atoms with Crippen LogP contribution >= 0.6 is 11.6 Å². The molecule has 2 aromatic heterocycles. The van der Waals surface area contributed by atoms with E-state index < -0.39 is 17.6 Å². The van der Waals surface area contributed by atoms with Crippen LogP contribution in [0.4, 0.5) is 4.39 Å². The van der Waals surface area contributed by atoms with Gasteiger partial charge in [0.05, 0.1) is 29.4 Å². The molecule has 3 amide bonds. The van der Waals surface area contributed by atoms with Crippen molar-refractivity contribution in [3.8, 4) is 22.6 Å². The normalized spacial score (nSPS) is 15.8. The molecule has 0 aliphatic carbocycles. The lowest BCUT2D eigenvalue weighted by molar-refractivity contribution is -0.133. The van der Waals surface area contributed by atoms with Gasteiger partial charge in [0.25, 0.3) is 11.8 Å². The number of nitrogens with zero attached hydrogens (tertiary/aromatic N) is 6. The maximum Gasteiger partial charge on any atom is 0.355 e. The van der Waals surface area contributed by atoms with Crippen LogP contribution in [0.2, 0.25) is 5.02 Å². The van der Waals surface area contributed by atoms with E-state index in [4.69, 9.17) is 30.9 Å². The molecule has 0 radical (unpaired) electrons. The highest BCUT2D eigenvalue weighted by atomic mass is 35.5. The van der Waals surface area contributed by atoms with E-state index in [1.165, 1.54) is 24.1 Å². The summed E-state index contributed by atoms with van der Waals surface area (Å²) in [5.74, 6) is -0.507. The summed E-state index contributed by atoms with van der Waals surface area (Å²) in [5, 5.41) is 10.4. The Labute approximate surface area is 429 Å². The predicted octanol–water partition coefficient (Wildman–Crippen LogP) is 8.23. The van der Waals surface area contributed by atoms with Crippen LogP contribution in [0.25, 0.3) is 32.8 Å². The number of likely N-dealkylation sites (tertiary alicyclic amines) is 2. The number of halogens is 2.